The fraction of sp³-hybridized carbons (Fsp3) is 0.385. The molecule has 1 aromatic heterocycles. The van der Waals surface area contributed by atoms with Crippen LogP contribution in [0.2, 0.25) is 0 Å². The number of benzene rings is 2. The quantitative estimate of drug-likeness (QED) is 0.406. The molecule has 4 rings (SSSR count). The molecule has 3 aromatic rings. The lowest BCUT2D eigenvalue weighted by Gasteiger charge is -2.34. The van der Waals surface area contributed by atoms with Crippen LogP contribution in [0.1, 0.15) is 26.3 Å². The number of anilines is 6. The van der Waals surface area contributed by atoms with E-state index in [-0.39, 0.29) is 5.69 Å². The van der Waals surface area contributed by atoms with E-state index in [1.165, 1.54) is 23.9 Å². The number of likely N-dealkylation sites (N-methyl/N-ethyl adjacent to an activating group) is 1. The summed E-state index contributed by atoms with van der Waals surface area (Å²) >= 11 is 0. The minimum atomic E-state index is -3.78. The number of nitrogens with one attached hydrogen (secondary N) is 3. The molecule has 37 heavy (non-hydrogen) atoms. The number of aromatic nitrogens is 2. The number of sulfonamides is 1. The van der Waals surface area contributed by atoms with Crippen molar-refractivity contribution in [2.75, 3.05) is 53.5 Å². The van der Waals surface area contributed by atoms with E-state index in [1.807, 2.05) is 19.1 Å². The number of hydrogen-bond acceptors (Lipinski definition) is 8. The summed E-state index contributed by atoms with van der Waals surface area (Å²) in [5.41, 5.74) is 3.16. The molecule has 0 spiro atoms. The first-order valence-electron chi connectivity index (χ1n) is 12.1. The maximum Gasteiger partial charge on any atom is 0.237 e. The maximum absolute atomic E-state index is 14.4. The molecule has 1 saturated heterocycles. The van der Waals surface area contributed by atoms with Crippen molar-refractivity contribution >= 4 is 44.5 Å². The molecule has 0 radical (unpaired) electrons. The molecule has 1 aliphatic rings. The van der Waals surface area contributed by atoms with E-state index < -0.39 is 20.6 Å². The second-order valence-corrected chi connectivity index (χ2v) is 12.7. The van der Waals surface area contributed by atoms with Crippen LogP contribution >= 0.6 is 0 Å². The van der Waals surface area contributed by atoms with Gasteiger partial charge in [-0.1, -0.05) is 0 Å². The average Bonchev–Trinajstić information content (AvgIpc) is 2.83. The zero-order valence-electron chi connectivity index (χ0n) is 21.8. The van der Waals surface area contributed by atoms with Crippen molar-refractivity contribution in [3.63, 3.8) is 0 Å². The summed E-state index contributed by atoms with van der Waals surface area (Å²) in [4.78, 5) is 13.6. The molecule has 0 saturated carbocycles. The molecule has 0 unspecified atom stereocenters. The van der Waals surface area contributed by atoms with Gasteiger partial charge in [0.15, 0.2) is 0 Å². The minimum absolute atomic E-state index is 0.134. The third-order valence-corrected chi connectivity index (χ3v) is 8.34. The van der Waals surface area contributed by atoms with Crippen molar-refractivity contribution < 1.29 is 12.8 Å². The van der Waals surface area contributed by atoms with Gasteiger partial charge in [-0.15, -0.1) is 0 Å². The maximum atomic E-state index is 14.4. The van der Waals surface area contributed by atoms with Gasteiger partial charge in [-0.25, -0.2) is 17.8 Å². The highest BCUT2D eigenvalue weighted by molar-refractivity contribution is 7.94. The molecule has 2 aromatic carbocycles. The van der Waals surface area contributed by atoms with Gasteiger partial charge in [0.1, 0.15) is 11.6 Å². The van der Waals surface area contributed by atoms with Crippen molar-refractivity contribution in [1.82, 2.24) is 14.9 Å². The van der Waals surface area contributed by atoms with Gasteiger partial charge < -0.3 is 20.4 Å². The van der Waals surface area contributed by atoms with Crippen LogP contribution in [0, 0.1) is 12.7 Å². The second-order valence-electron chi connectivity index (χ2n) is 10.2. The Kier molecular flexibility index (Phi) is 7.56. The Morgan fingerprint density at radius 2 is 1.59 bits per heavy atom. The van der Waals surface area contributed by atoms with Gasteiger partial charge in [0.05, 0.1) is 10.4 Å². The Hall–Kier alpha value is -3.44. The highest BCUT2D eigenvalue weighted by Gasteiger charge is 2.29. The van der Waals surface area contributed by atoms with Gasteiger partial charge in [0.2, 0.25) is 16.0 Å². The van der Waals surface area contributed by atoms with Crippen molar-refractivity contribution in [3.8, 4) is 0 Å². The summed E-state index contributed by atoms with van der Waals surface area (Å²) in [5.74, 6) is 0.249. The van der Waals surface area contributed by atoms with Crippen molar-refractivity contribution in [3.05, 3.63) is 60.0 Å². The molecule has 1 aliphatic heterocycles. The van der Waals surface area contributed by atoms with Crippen LogP contribution in [0.3, 0.4) is 0 Å². The van der Waals surface area contributed by atoms with Crippen molar-refractivity contribution in [2.24, 2.45) is 0 Å². The predicted octanol–water partition coefficient (Wildman–Crippen LogP) is 4.70. The molecular formula is C26H34FN7O2S. The van der Waals surface area contributed by atoms with Crippen LogP contribution in [-0.4, -0.2) is 61.3 Å². The van der Waals surface area contributed by atoms with E-state index in [9.17, 15) is 12.8 Å². The summed E-state index contributed by atoms with van der Waals surface area (Å²) in [6, 6.07) is 12.3. The Bertz CT molecular complexity index is 1350. The topological polar surface area (TPSA) is 102 Å². The molecule has 0 amide bonds. The zero-order valence-corrected chi connectivity index (χ0v) is 22.7. The summed E-state index contributed by atoms with van der Waals surface area (Å²) in [7, 11) is -1.65. The van der Waals surface area contributed by atoms with E-state index in [2.05, 4.69) is 54.3 Å². The van der Waals surface area contributed by atoms with E-state index >= 15 is 0 Å². The van der Waals surface area contributed by atoms with Gasteiger partial charge in [0.25, 0.3) is 0 Å². The van der Waals surface area contributed by atoms with Crippen LogP contribution in [0.4, 0.5) is 38.9 Å². The fourth-order valence-corrected chi connectivity index (χ4v) is 4.45. The SMILES string of the molecule is Cc1cnc(Nc2ccc(N3CCN(C)CC3)cc2)nc1Nc1ccc(F)c(NS(=O)(=O)C(C)(C)C)c1. The largest absolute Gasteiger partial charge is 0.369 e. The number of halogens is 1. The molecule has 2 heterocycles. The lowest BCUT2D eigenvalue weighted by atomic mass is 10.2. The first kappa shape index (κ1) is 26.6. The minimum Gasteiger partial charge on any atom is -0.369 e. The van der Waals surface area contributed by atoms with Gasteiger partial charge in [-0.05, 0) is 77.2 Å². The molecule has 11 heteroatoms. The first-order chi connectivity index (χ1) is 17.4. The van der Waals surface area contributed by atoms with E-state index in [4.69, 9.17) is 0 Å². The Morgan fingerprint density at radius 1 is 0.946 bits per heavy atom. The van der Waals surface area contributed by atoms with Crippen molar-refractivity contribution in [1.29, 1.82) is 0 Å². The Morgan fingerprint density at radius 3 is 2.24 bits per heavy atom. The normalized spacial score (nSPS) is 14.9. The van der Waals surface area contributed by atoms with Crippen LogP contribution in [-0.2, 0) is 10.0 Å². The van der Waals surface area contributed by atoms with E-state index in [0.29, 0.717) is 17.5 Å². The fourth-order valence-electron chi connectivity index (χ4n) is 3.69. The highest BCUT2D eigenvalue weighted by atomic mass is 32.2. The number of aryl methyl sites for hydroxylation is 1. The molecule has 1 fully saturated rings. The van der Waals surface area contributed by atoms with Gasteiger partial charge in [-0.3, -0.25) is 4.72 Å². The lowest BCUT2D eigenvalue weighted by molar-refractivity contribution is 0.313. The van der Waals surface area contributed by atoms with Crippen LogP contribution < -0.4 is 20.3 Å². The van der Waals surface area contributed by atoms with E-state index in [1.54, 1.807) is 27.0 Å². The number of nitrogens with zero attached hydrogens (tertiary/aromatic N) is 4. The molecule has 0 aliphatic carbocycles. The lowest BCUT2D eigenvalue weighted by Crippen LogP contribution is -2.44. The van der Waals surface area contributed by atoms with Gasteiger partial charge in [-0.2, -0.15) is 4.98 Å². The summed E-state index contributed by atoms with van der Waals surface area (Å²) < 4.78 is 40.7. The predicted molar refractivity (Wildman–Crippen MR) is 148 cm³/mol. The van der Waals surface area contributed by atoms with Gasteiger partial charge >= 0.3 is 0 Å². The zero-order chi connectivity index (χ0) is 26.8. The molecule has 3 N–H and O–H groups in total. The summed E-state index contributed by atoms with van der Waals surface area (Å²) in [6.07, 6.45) is 1.68. The third-order valence-electron chi connectivity index (χ3n) is 6.24. The van der Waals surface area contributed by atoms with Gasteiger partial charge in [0, 0.05) is 55.0 Å². The molecule has 9 nitrogen and oxygen atoms in total. The van der Waals surface area contributed by atoms with Crippen LogP contribution in [0.25, 0.3) is 0 Å². The average molecular weight is 528 g/mol. The summed E-state index contributed by atoms with van der Waals surface area (Å²) in [5, 5.41) is 6.37. The van der Waals surface area contributed by atoms with Crippen LogP contribution in [0.15, 0.2) is 48.7 Å². The van der Waals surface area contributed by atoms with Crippen LogP contribution in [0.5, 0.6) is 0 Å². The number of rotatable bonds is 7. The standard InChI is InChI=1S/C26H34FN7O2S/c1-18-17-28-25(30-19-6-9-21(10-7-19)34-14-12-33(5)13-15-34)31-24(18)29-20-8-11-22(27)23(16-20)32-37(35,36)26(2,3)4/h6-11,16-17,32H,12-15H2,1-5H3,(H2,28,29,30,31). The Balaban J connectivity index is 1.48. The molecule has 0 bridgehead atoms. The molecule has 198 valence electrons. The van der Waals surface area contributed by atoms with E-state index in [0.717, 1.165) is 37.4 Å². The first-order valence-corrected chi connectivity index (χ1v) is 13.6. The second kappa shape index (κ2) is 10.5. The molecule has 0 atom stereocenters. The van der Waals surface area contributed by atoms with Crippen molar-refractivity contribution in [2.45, 2.75) is 32.4 Å². The smallest absolute Gasteiger partial charge is 0.237 e. The monoisotopic (exact) mass is 527 g/mol. The third kappa shape index (κ3) is 6.47. The Labute approximate surface area is 218 Å². The molecular weight excluding hydrogens is 493 g/mol. The highest BCUT2D eigenvalue weighted by Crippen LogP contribution is 2.28. The number of hydrogen-bond donors (Lipinski definition) is 3. The summed E-state index contributed by atoms with van der Waals surface area (Å²) in [6.45, 7) is 10.6. The number of piperazine rings is 1.